The van der Waals surface area contributed by atoms with E-state index in [-0.39, 0.29) is 6.42 Å². The van der Waals surface area contributed by atoms with Crippen LogP contribution in [0.15, 0.2) is 53.9 Å². The highest BCUT2D eigenvalue weighted by molar-refractivity contribution is 7.09. The lowest BCUT2D eigenvalue weighted by molar-refractivity contribution is -0.133. The summed E-state index contributed by atoms with van der Waals surface area (Å²) in [5.74, 6) is 0.144. The first-order valence-corrected chi connectivity index (χ1v) is 9.50. The fraction of sp³-hybridized carbons (Fsp3) is 0.150. The van der Waals surface area contributed by atoms with Crippen molar-refractivity contribution in [1.29, 1.82) is 0 Å². The van der Waals surface area contributed by atoms with Crippen molar-refractivity contribution in [3.63, 3.8) is 0 Å². The number of hydrogen-bond donors (Lipinski definition) is 0. The lowest BCUT2D eigenvalue weighted by Gasteiger charge is -2.04. The second-order valence-corrected chi connectivity index (χ2v) is 7.02. The van der Waals surface area contributed by atoms with Crippen molar-refractivity contribution >= 4 is 34.9 Å². The van der Waals surface area contributed by atoms with Crippen molar-refractivity contribution in [2.75, 3.05) is 7.11 Å². The number of esters is 2. The fourth-order valence-electron chi connectivity index (χ4n) is 2.26. The van der Waals surface area contributed by atoms with Crippen molar-refractivity contribution in [2.45, 2.75) is 13.0 Å². The minimum atomic E-state index is -0.450. The maximum absolute atomic E-state index is 12.1. The number of ether oxygens (including phenoxy) is 3. The molecule has 0 N–H and O–H groups in total. The van der Waals surface area contributed by atoms with Gasteiger partial charge in [-0.1, -0.05) is 11.6 Å². The number of halogens is 1. The molecule has 0 radical (unpaired) electrons. The molecule has 0 fully saturated rings. The summed E-state index contributed by atoms with van der Waals surface area (Å²) in [6.07, 6.45) is 0.0379. The van der Waals surface area contributed by atoms with Crippen LogP contribution in [0.2, 0.25) is 5.02 Å². The summed E-state index contributed by atoms with van der Waals surface area (Å²) >= 11 is 7.24. The maximum Gasteiger partial charge on any atom is 0.337 e. The molecular formula is C20H16ClNO5S. The van der Waals surface area contributed by atoms with Gasteiger partial charge in [-0.2, -0.15) is 0 Å². The third-order valence-corrected chi connectivity index (χ3v) is 4.73. The van der Waals surface area contributed by atoms with E-state index in [1.807, 2.05) is 0 Å². The van der Waals surface area contributed by atoms with Crippen molar-refractivity contribution in [2.24, 2.45) is 0 Å². The molecule has 3 aromatic rings. The van der Waals surface area contributed by atoms with Crippen LogP contribution in [-0.2, 0) is 22.6 Å². The molecule has 1 heterocycles. The maximum atomic E-state index is 12.1. The Balaban J connectivity index is 1.50. The molecule has 1 aromatic heterocycles. The van der Waals surface area contributed by atoms with Crippen LogP contribution < -0.4 is 9.47 Å². The number of hydrogen-bond acceptors (Lipinski definition) is 7. The van der Waals surface area contributed by atoms with Crippen LogP contribution in [0.3, 0.4) is 0 Å². The number of aromatic nitrogens is 1. The molecule has 3 rings (SSSR count). The highest BCUT2D eigenvalue weighted by atomic mass is 35.5. The molecular weight excluding hydrogens is 402 g/mol. The van der Waals surface area contributed by atoms with Gasteiger partial charge in [0.1, 0.15) is 23.1 Å². The predicted octanol–water partition coefficient (Wildman–Crippen LogP) is 4.31. The zero-order chi connectivity index (χ0) is 19.9. The molecule has 0 aliphatic heterocycles. The van der Waals surface area contributed by atoms with E-state index in [0.29, 0.717) is 34.4 Å². The number of carbonyl (C=O) groups excluding carboxylic acids is 2. The van der Waals surface area contributed by atoms with Gasteiger partial charge in [-0.25, -0.2) is 9.78 Å². The third-order valence-electron chi connectivity index (χ3n) is 3.61. The average Bonchev–Trinajstić information content (AvgIpc) is 3.14. The first-order valence-electron chi connectivity index (χ1n) is 8.24. The van der Waals surface area contributed by atoms with Crippen LogP contribution in [-0.4, -0.2) is 24.0 Å². The summed E-state index contributed by atoms with van der Waals surface area (Å²) < 4.78 is 15.5. The standard InChI is InChI=1S/C20H16ClNO5S/c1-25-20(24)13-2-6-17(7-3-13)27-19(23)10-15-12-28-18(22-15)11-26-16-8-4-14(21)5-9-16/h2-9,12H,10-11H2,1H3. The van der Waals surface area contributed by atoms with E-state index in [9.17, 15) is 9.59 Å². The van der Waals surface area contributed by atoms with Crippen molar-refractivity contribution in [1.82, 2.24) is 4.98 Å². The van der Waals surface area contributed by atoms with Gasteiger partial charge in [-0.15, -0.1) is 11.3 Å². The molecule has 144 valence electrons. The minimum Gasteiger partial charge on any atom is -0.486 e. The molecule has 0 unspecified atom stereocenters. The van der Waals surface area contributed by atoms with Gasteiger partial charge >= 0.3 is 11.9 Å². The number of methoxy groups -OCH3 is 1. The molecule has 0 atom stereocenters. The Hall–Kier alpha value is -2.90. The van der Waals surface area contributed by atoms with Crippen LogP contribution in [0.25, 0.3) is 0 Å². The van der Waals surface area contributed by atoms with Crippen LogP contribution in [0.5, 0.6) is 11.5 Å². The lowest BCUT2D eigenvalue weighted by atomic mass is 10.2. The molecule has 0 saturated heterocycles. The first-order chi connectivity index (χ1) is 13.5. The Morgan fingerprint density at radius 3 is 2.39 bits per heavy atom. The zero-order valence-corrected chi connectivity index (χ0v) is 16.5. The van der Waals surface area contributed by atoms with Gasteiger partial charge in [0.05, 0.1) is 24.8 Å². The van der Waals surface area contributed by atoms with Gasteiger partial charge in [-0.05, 0) is 48.5 Å². The van der Waals surface area contributed by atoms with E-state index in [1.54, 1.807) is 29.6 Å². The third kappa shape index (κ3) is 5.55. The van der Waals surface area contributed by atoms with Crippen LogP contribution >= 0.6 is 22.9 Å². The molecule has 28 heavy (non-hydrogen) atoms. The minimum absolute atomic E-state index is 0.0379. The Bertz CT molecular complexity index is 953. The van der Waals surface area contributed by atoms with E-state index in [1.165, 1.54) is 42.7 Å². The molecule has 0 saturated carbocycles. The summed E-state index contributed by atoms with van der Waals surface area (Å²) in [4.78, 5) is 27.9. The van der Waals surface area contributed by atoms with Crippen molar-refractivity contribution < 1.29 is 23.8 Å². The van der Waals surface area contributed by atoms with Gasteiger partial charge in [-0.3, -0.25) is 4.79 Å². The van der Waals surface area contributed by atoms with Crippen LogP contribution in [0.1, 0.15) is 21.1 Å². The monoisotopic (exact) mass is 417 g/mol. The topological polar surface area (TPSA) is 74.7 Å². The SMILES string of the molecule is COC(=O)c1ccc(OC(=O)Cc2csc(COc3ccc(Cl)cc3)n2)cc1. The molecule has 0 aliphatic rings. The second kappa shape index (κ2) is 9.34. The van der Waals surface area contributed by atoms with Crippen LogP contribution in [0.4, 0.5) is 0 Å². The molecule has 0 aliphatic carbocycles. The van der Waals surface area contributed by atoms with Gasteiger partial charge < -0.3 is 14.2 Å². The number of carbonyl (C=O) groups is 2. The van der Waals surface area contributed by atoms with E-state index in [2.05, 4.69) is 9.72 Å². The molecule has 6 nitrogen and oxygen atoms in total. The number of nitrogens with zero attached hydrogens (tertiary/aromatic N) is 1. The quantitative estimate of drug-likeness (QED) is 0.421. The number of benzene rings is 2. The van der Waals surface area contributed by atoms with E-state index in [0.717, 1.165) is 5.01 Å². The lowest BCUT2D eigenvalue weighted by Crippen LogP contribution is -2.12. The Labute approximate surface area is 170 Å². The van der Waals surface area contributed by atoms with Gasteiger partial charge in [0.25, 0.3) is 0 Å². The summed E-state index contributed by atoms with van der Waals surface area (Å²) in [6, 6.07) is 13.2. The largest absolute Gasteiger partial charge is 0.486 e. The smallest absolute Gasteiger partial charge is 0.337 e. The average molecular weight is 418 g/mol. The predicted molar refractivity (Wildman–Crippen MR) is 105 cm³/mol. The normalized spacial score (nSPS) is 10.4. The zero-order valence-electron chi connectivity index (χ0n) is 14.9. The Morgan fingerprint density at radius 2 is 1.71 bits per heavy atom. The molecule has 0 spiro atoms. The highest BCUT2D eigenvalue weighted by Crippen LogP contribution is 2.19. The summed E-state index contributed by atoms with van der Waals surface area (Å²) in [5.41, 5.74) is 0.989. The van der Waals surface area contributed by atoms with E-state index >= 15 is 0 Å². The molecule has 0 amide bonds. The number of thiazole rings is 1. The van der Waals surface area contributed by atoms with Gasteiger partial charge in [0, 0.05) is 10.4 Å². The van der Waals surface area contributed by atoms with Gasteiger partial charge in [0.15, 0.2) is 0 Å². The Kier molecular flexibility index (Phi) is 6.62. The molecule has 0 bridgehead atoms. The van der Waals surface area contributed by atoms with Crippen molar-refractivity contribution in [3.8, 4) is 11.5 Å². The molecule has 8 heteroatoms. The second-order valence-electron chi connectivity index (χ2n) is 5.64. The van der Waals surface area contributed by atoms with E-state index in [4.69, 9.17) is 21.1 Å². The van der Waals surface area contributed by atoms with E-state index < -0.39 is 11.9 Å². The number of rotatable bonds is 7. The summed E-state index contributed by atoms with van der Waals surface area (Å²) in [5, 5.41) is 3.19. The van der Waals surface area contributed by atoms with Crippen molar-refractivity contribution in [3.05, 3.63) is 75.2 Å². The Morgan fingerprint density at radius 1 is 1.04 bits per heavy atom. The first kappa shape index (κ1) is 19.9. The highest BCUT2D eigenvalue weighted by Gasteiger charge is 2.12. The summed E-state index contributed by atoms with van der Waals surface area (Å²) in [6.45, 7) is 0.302. The molecule has 2 aromatic carbocycles. The van der Waals surface area contributed by atoms with Crippen LogP contribution in [0, 0.1) is 0 Å². The summed E-state index contributed by atoms with van der Waals surface area (Å²) in [7, 11) is 1.30. The van der Waals surface area contributed by atoms with Gasteiger partial charge in [0.2, 0.25) is 0 Å². The fourth-order valence-corrected chi connectivity index (χ4v) is 3.10.